The molecule has 0 bridgehead atoms. The minimum Gasteiger partial charge on any atom is -0.278 e. The van der Waals surface area contributed by atoms with Gasteiger partial charge in [-0.05, 0) is 18.2 Å². The minimum absolute atomic E-state index is 0.905. The molecular formula is C21H18N4. The van der Waals surface area contributed by atoms with Gasteiger partial charge in [0.25, 0.3) is 0 Å². The molecule has 0 spiro atoms. The molecule has 122 valence electrons. The summed E-state index contributed by atoms with van der Waals surface area (Å²) >= 11 is 0. The summed E-state index contributed by atoms with van der Waals surface area (Å²) in [6, 6.07) is 26.4. The average molecular weight is 326 g/mol. The number of fused-ring (bicyclic) bond motifs is 1. The summed E-state index contributed by atoms with van der Waals surface area (Å²) in [5.74, 6) is 0. The van der Waals surface area contributed by atoms with Crippen LogP contribution >= 0.6 is 0 Å². The Kier molecular flexibility index (Phi) is 4.01. The summed E-state index contributed by atoms with van der Waals surface area (Å²) in [4.78, 5) is 0. The van der Waals surface area contributed by atoms with E-state index in [1.807, 2.05) is 72.5 Å². The van der Waals surface area contributed by atoms with Gasteiger partial charge < -0.3 is 0 Å². The quantitative estimate of drug-likeness (QED) is 0.445. The molecule has 0 atom stereocenters. The number of nitrogens with zero attached hydrogens (tertiary/aromatic N) is 3. The largest absolute Gasteiger partial charge is 0.278 e. The van der Waals surface area contributed by atoms with Crippen LogP contribution in [0.25, 0.3) is 10.9 Å². The van der Waals surface area contributed by atoms with Gasteiger partial charge in [0.2, 0.25) is 0 Å². The fourth-order valence-corrected chi connectivity index (χ4v) is 2.82. The van der Waals surface area contributed by atoms with E-state index in [4.69, 9.17) is 0 Å². The Hall–Kier alpha value is -3.40. The monoisotopic (exact) mass is 326 g/mol. The zero-order valence-corrected chi connectivity index (χ0v) is 13.9. The Morgan fingerprint density at radius 3 is 2.16 bits per heavy atom. The highest BCUT2D eigenvalue weighted by atomic mass is 15.3. The van der Waals surface area contributed by atoms with Gasteiger partial charge in [0, 0.05) is 29.8 Å². The summed E-state index contributed by atoms with van der Waals surface area (Å²) in [5.41, 5.74) is 8.09. The van der Waals surface area contributed by atoms with Crippen molar-refractivity contribution >= 4 is 22.3 Å². The van der Waals surface area contributed by atoms with Crippen LogP contribution in [0.3, 0.4) is 0 Å². The standard InChI is InChI=1S/C21H18N4/c1-25-15-18-12-13-19(14-20(18)24-25)22-23-21(16-8-4-2-5-9-16)17-10-6-3-7-11-17/h2-15,22H,1H3. The summed E-state index contributed by atoms with van der Waals surface area (Å²) < 4.78 is 1.82. The molecule has 0 unspecified atom stereocenters. The van der Waals surface area contributed by atoms with Crippen LogP contribution in [0, 0.1) is 0 Å². The zero-order chi connectivity index (χ0) is 17.1. The van der Waals surface area contributed by atoms with Crippen molar-refractivity contribution in [3.05, 3.63) is 96.2 Å². The smallest absolute Gasteiger partial charge is 0.0977 e. The highest BCUT2D eigenvalue weighted by Crippen LogP contribution is 2.18. The van der Waals surface area contributed by atoms with Crippen LogP contribution in [0.1, 0.15) is 11.1 Å². The van der Waals surface area contributed by atoms with E-state index in [1.54, 1.807) is 0 Å². The van der Waals surface area contributed by atoms with Crippen LogP contribution in [-0.4, -0.2) is 15.5 Å². The van der Waals surface area contributed by atoms with E-state index in [1.165, 1.54) is 0 Å². The van der Waals surface area contributed by atoms with E-state index >= 15 is 0 Å². The van der Waals surface area contributed by atoms with Gasteiger partial charge >= 0.3 is 0 Å². The fraction of sp³-hybridized carbons (Fsp3) is 0.0476. The Bertz CT molecular complexity index is 976. The molecule has 1 N–H and O–H groups in total. The summed E-state index contributed by atoms with van der Waals surface area (Å²) in [6.07, 6.45) is 2.00. The van der Waals surface area contributed by atoms with E-state index in [2.05, 4.69) is 39.9 Å². The summed E-state index contributed by atoms with van der Waals surface area (Å²) in [6.45, 7) is 0. The van der Waals surface area contributed by atoms with Crippen molar-refractivity contribution in [1.82, 2.24) is 9.78 Å². The number of aromatic nitrogens is 2. The van der Waals surface area contributed by atoms with Crippen LogP contribution in [0.5, 0.6) is 0 Å². The first-order valence-electron chi connectivity index (χ1n) is 8.17. The van der Waals surface area contributed by atoms with Gasteiger partial charge in [0.15, 0.2) is 0 Å². The lowest BCUT2D eigenvalue weighted by atomic mass is 10.0. The molecular weight excluding hydrogens is 308 g/mol. The van der Waals surface area contributed by atoms with Crippen LogP contribution < -0.4 is 5.43 Å². The third-order valence-electron chi connectivity index (χ3n) is 4.01. The molecule has 3 aromatic carbocycles. The molecule has 0 aliphatic rings. The number of hydrogen-bond donors (Lipinski definition) is 1. The van der Waals surface area contributed by atoms with Gasteiger partial charge in [-0.25, -0.2) is 0 Å². The maximum Gasteiger partial charge on any atom is 0.0977 e. The molecule has 4 rings (SSSR count). The lowest BCUT2D eigenvalue weighted by Crippen LogP contribution is -2.06. The topological polar surface area (TPSA) is 42.2 Å². The molecule has 0 saturated carbocycles. The van der Waals surface area contributed by atoms with Gasteiger partial charge in [0.1, 0.15) is 0 Å². The van der Waals surface area contributed by atoms with E-state index < -0.39 is 0 Å². The Morgan fingerprint density at radius 2 is 1.52 bits per heavy atom. The Balaban J connectivity index is 1.71. The molecule has 4 nitrogen and oxygen atoms in total. The van der Waals surface area contributed by atoms with Crippen molar-refractivity contribution in [2.45, 2.75) is 0 Å². The van der Waals surface area contributed by atoms with Gasteiger partial charge in [-0.15, -0.1) is 0 Å². The second-order valence-electron chi connectivity index (χ2n) is 5.88. The first-order valence-corrected chi connectivity index (χ1v) is 8.17. The number of benzene rings is 3. The molecule has 1 heterocycles. The van der Waals surface area contributed by atoms with Crippen molar-refractivity contribution in [2.24, 2.45) is 12.1 Å². The molecule has 0 aliphatic carbocycles. The van der Waals surface area contributed by atoms with Crippen molar-refractivity contribution in [3.63, 3.8) is 0 Å². The van der Waals surface area contributed by atoms with Crippen molar-refractivity contribution < 1.29 is 0 Å². The predicted octanol–water partition coefficient (Wildman–Crippen LogP) is 4.44. The fourth-order valence-electron chi connectivity index (χ4n) is 2.82. The van der Waals surface area contributed by atoms with Gasteiger partial charge in [-0.1, -0.05) is 60.7 Å². The third kappa shape index (κ3) is 3.28. The average Bonchev–Trinajstić information content (AvgIpc) is 3.03. The number of hydrogen-bond acceptors (Lipinski definition) is 3. The zero-order valence-electron chi connectivity index (χ0n) is 13.9. The van der Waals surface area contributed by atoms with E-state index in [0.717, 1.165) is 33.4 Å². The molecule has 0 aliphatic heterocycles. The predicted molar refractivity (Wildman–Crippen MR) is 103 cm³/mol. The van der Waals surface area contributed by atoms with Crippen LogP contribution in [0.4, 0.5) is 5.69 Å². The second-order valence-corrected chi connectivity index (χ2v) is 5.88. The van der Waals surface area contributed by atoms with Crippen LogP contribution in [-0.2, 0) is 7.05 Å². The molecule has 0 amide bonds. The minimum atomic E-state index is 0.905. The molecule has 0 saturated heterocycles. The SMILES string of the molecule is Cn1cc2ccc(NN=C(c3ccccc3)c3ccccc3)cc2n1. The lowest BCUT2D eigenvalue weighted by Gasteiger charge is -2.08. The molecule has 0 radical (unpaired) electrons. The highest BCUT2D eigenvalue weighted by Gasteiger charge is 2.07. The third-order valence-corrected chi connectivity index (χ3v) is 4.01. The number of rotatable bonds is 4. The number of nitrogens with one attached hydrogen (secondary N) is 1. The second kappa shape index (κ2) is 6.61. The molecule has 4 aromatic rings. The van der Waals surface area contributed by atoms with Crippen LogP contribution in [0.2, 0.25) is 0 Å². The van der Waals surface area contributed by atoms with Crippen molar-refractivity contribution in [3.8, 4) is 0 Å². The normalized spacial score (nSPS) is 10.6. The maximum absolute atomic E-state index is 4.68. The first kappa shape index (κ1) is 15.1. The lowest BCUT2D eigenvalue weighted by molar-refractivity contribution is 0.780. The number of hydrazone groups is 1. The highest BCUT2D eigenvalue weighted by molar-refractivity contribution is 6.13. The van der Waals surface area contributed by atoms with Gasteiger partial charge in [0.05, 0.1) is 16.9 Å². The summed E-state index contributed by atoms with van der Waals surface area (Å²) in [7, 11) is 1.92. The molecule has 0 fully saturated rings. The summed E-state index contributed by atoms with van der Waals surface area (Å²) in [5, 5.41) is 10.2. The van der Waals surface area contributed by atoms with Crippen LogP contribution in [0.15, 0.2) is 90.2 Å². The number of aryl methyl sites for hydroxylation is 1. The molecule has 25 heavy (non-hydrogen) atoms. The van der Waals surface area contributed by atoms with Crippen molar-refractivity contribution in [1.29, 1.82) is 0 Å². The Morgan fingerprint density at radius 1 is 0.880 bits per heavy atom. The first-order chi connectivity index (χ1) is 12.3. The van der Waals surface area contributed by atoms with Gasteiger partial charge in [-0.2, -0.15) is 10.2 Å². The van der Waals surface area contributed by atoms with E-state index in [0.29, 0.717) is 0 Å². The number of anilines is 1. The maximum atomic E-state index is 4.68. The Labute approximate surface area is 146 Å². The van der Waals surface area contributed by atoms with E-state index in [-0.39, 0.29) is 0 Å². The van der Waals surface area contributed by atoms with Gasteiger partial charge in [-0.3, -0.25) is 10.1 Å². The molecule has 4 heteroatoms. The van der Waals surface area contributed by atoms with E-state index in [9.17, 15) is 0 Å². The van der Waals surface area contributed by atoms with Crippen molar-refractivity contribution in [2.75, 3.05) is 5.43 Å². The molecule has 1 aromatic heterocycles.